The number of hydrogen-bond acceptors (Lipinski definition) is 7. The van der Waals surface area contributed by atoms with Gasteiger partial charge in [0.05, 0.1) is 5.69 Å². The molecule has 0 aliphatic heterocycles. The van der Waals surface area contributed by atoms with Crippen molar-refractivity contribution in [1.29, 1.82) is 0 Å². The molecule has 3 rings (SSSR count). The Hall–Kier alpha value is -3.23. The first-order valence-electron chi connectivity index (χ1n) is 7.74. The first-order chi connectivity index (χ1) is 12.5. The van der Waals surface area contributed by atoms with Crippen LogP contribution in [0.1, 0.15) is 0 Å². The molecule has 8 heteroatoms. The third kappa shape index (κ3) is 3.56. The first kappa shape index (κ1) is 17.6. The second-order valence-corrected chi connectivity index (χ2v) is 6.46. The lowest BCUT2D eigenvalue weighted by molar-refractivity contribution is -0.114. The lowest BCUT2D eigenvalue weighted by atomic mass is 10.1. The average molecular weight is 366 g/mol. The van der Waals surface area contributed by atoms with Crippen LogP contribution in [0, 0.1) is 0 Å². The molecule has 5 N–H and O–H groups in total. The van der Waals surface area contributed by atoms with Crippen molar-refractivity contribution < 1.29 is 4.79 Å². The van der Waals surface area contributed by atoms with E-state index in [4.69, 9.17) is 11.6 Å². The maximum absolute atomic E-state index is 12.3. The van der Waals surface area contributed by atoms with Crippen LogP contribution in [0.25, 0.3) is 21.6 Å². The zero-order chi connectivity index (χ0) is 18.7. The number of thiazole rings is 1. The number of nitrogen functional groups attached to an aromatic ring is 1. The fourth-order valence-electron chi connectivity index (χ4n) is 2.38. The molecule has 2 heterocycles. The SMILES string of the molecule is C=C/C=C(/C(=O)Nc1nc2ccc(-c3ccccc3N)nc2s1)N(C)N. The largest absolute Gasteiger partial charge is 0.398 e. The van der Waals surface area contributed by atoms with Crippen LogP contribution in [-0.2, 0) is 4.79 Å². The fraction of sp³-hybridized carbons (Fsp3) is 0.0556. The highest BCUT2D eigenvalue weighted by atomic mass is 32.1. The molecule has 0 spiro atoms. The average Bonchev–Trinajstić information content (AvgIpc) is 3.00. The van der Waals surface area contributed by atoms with E-state index in [1.54, 1.807) is 7.05 Å². The van der Waals surface area contributed by atoms with E-state index in [0.29, 0.717) is 21.2 Å². The van der Waals surface area contributed by atoms with Crippen molar-refractivity contribution in [1.82, 2.24) is 15.0 Å². The topological polar surface area (TPSA) is 110 Å². The molecule has 0 saturated heterocycles. The highest BCUT2D eigenvalue weighted by Gasteiger charge is 2.15. The molecule has 0 aliphatic rings. The van der Waals surface area contributed by atoms with E-state index in [-0.39, 0.29) is 11.6 Å². The highest BCUT2D eigenvalue weighted by Crippen LogP contribution is 2.29. The number of para-hydroxylation sites is 1. The number of benzene rings is 1. The normalized spacial score (nSPS) is 11.4. The van der Waals surface area contributed by atoms with Crippen LogP contribution in [0.3, 0.4) is 0 Å². The van der Waals surface area contributed by atoms with Gasteiger partial charge in [0, 0.05) is 18.3 Å². The van der Waals surface area contributed by atoms with Crippen molar-refractivity contribution in [2.75, 3.05) is 18.1 Å². The van der Waals surface area contributed by atoms with Gasteiger partial charge in [0.2, 0.25) is 0 Å². The monoisotopic (exact) mass is 366 g/mol. The summed E-state index contributed by atoms with van der Waals surface area (Å²) in [6, 6.07) is 11.2. The number of fused-ring (bicyclic) bond motifs is 1. The fourth-order valence-corrected chi connectivity index (χ4v) is 3.21. The van der Waals surface area contributed by atoms with Crippen molar-refractivity contribution in [2.45, 2.75) is 0 Å². The molecule has 3 aromatic rings. The Morgan fingerprint density at radius 2 is 2.04 bits per heavy atom. The van der Waals surface area contributed by atoms with E-state index >= 15 is 0 Å². The number of aromatic nitrogens is 2. The molecule has 2 aromatic heterocycles. The van der Waals surface area contributed by atoms with E-state index in [2.05, 4.69) is 21.9 Å². The quantitative estimate of drug-likeness (QED) is 0.211. The molecule has 26 heavy (non-hydrogen) atoms. The van der Waals surface area contributed by atoms with Crippen molar-refractivity contribution in [3.8, 4) is 11.3 Å². The Labute approximate surface area is 154 Å². The molecule has 0 unspecified atom stereocenters. The smallest absolute Gasteiger partial charge is 0.275 e. The summed E-state index contributed by atoms with van der Waals surface area (Å²) in [5, 5.41) is 4.39. The van der Waals surface area contributed by atoms with Gasteiger partial charge in [-0.05, 0) is 24.3 Å². The van der Waals surface area contributed by atoms with Crippen molar-refractivity contribution in [2.24, 2.45) is 5.84 Å². The Bertz CT molecular complexity index is 1010. The molecule has 0 bridgehead atoms. The lowest BCUT2D eigenvalue weighted by Gasteiger charge is -2.14. The number of rotatable bonds is 5. The number of hydrogen-bond donors (Lipinski definition) is 3. The number of anilines is 2. The van der Waals surface area contributed by atoms with Gasteiger partial charge in [-0.1, -0.05) is 42.2 Å². The van der Waals surface area contributed by atoms with Crippen molar-refractivity contribution in [3.63, 3.8) is 0 Å². The molecule has 0 saturated carbocycles. The first-order valence-corrected chi connectivity index (χ1v) is 8.56. The maximum Gasteiger partial charge on any atom is 0.275 e. The summed E-state index contributed by atoms with van der Waals surface area (Å²) < 4.78 is 0. The number of carbonyl (C=O) groups is 1. The Kier molecular flexibility index (Phi) is 4.97. The molecule has 7 nitrogen and oxygen atoms in total. The number of nitrogens with zero attached hydrogens (tertiary/aromatic N) is 3. The van der Waals surface area contributed by atoms with E-state index in [0.717, 1.165) is 11.3 Å². The number of allylic oxidation sites excluding steroid dienone is 2. The van der Waals surface area contributed by atoms with Gasteiger partial charge in [-0.15, -0.1) is 0 Å². The summed E-state index contributed by atoms with van der Waals surface area (Å²) in [4.78, 5) is 22.0. The summed E-state index contributed by atoms with van der Waals surface area (Å²) in [6.07, 6.45) is 3.02. The zero-order valence-electron chi connectivity index (χ0n) is 14.1. The summed E-state index contributed by atoms with van der Waals surface area (Å²) in [7, 11) is 1.57. The lowest BCUT2D eigenvalue weighted by Crippen LogP contribution is -2.32. The number of nitrogens with one attached hydrogen (secondary N) is 1. The number of likely N-dealkylation sites (N-methyl/N-ethyl adjacent to an activating group) is 1. The van der Waals surface area contributed by atoms with Gasteiger partial charge in [-0.3, -0.25) is 10.1 Å². The second-order valence-electron chi connectivity index (χ2n) is 5.48. The van der Waals surface area contributed by atoms with Crippen LogP contribution in [-0.4, -0.2) is 27.9 Å². The highest BCUT2D eigenvalue weighted by molar-refractivity contribution is 7.22. The van der Waals surface area contributed by atoms with Gasteiger partial charge in [0.25, 0.3) is 5.91 Å². The molecular formula is C18H18N6OS. The molecule has 0 aliphatic carbocycles. The third-order valence-corrected chi connectivity index (χ3v) is 4.48. The van der Waals surface area contributed by atoms with Gasteiger partial charge >= 0.3 is 0 Å². The molecule has 1 aromatic carbocycles. The Morgan fingerprint density at radius 1 is 1.27 bits per heavy atom. The predicted molar refractivity (Wildman–Crippen MR) is 106 cm³/mol. The third-order valence-electron chi connectivity index (χ3n) is 3.60. The van der Waals surface area contributed by atoms with Gasteiger partial charge in [0.15, 0.2) is 5.13 Å². The van der Waals surface area contributed by atoms with Crippen LogP contribution in [0.2, 0.25) is 0 Å². The van der Waals surface area contributed by atoms with Gasteiger partial charge < -0.3 is 10.7 Å². The van der Waals surface area contributed by atoms with E-state index < -0.39 is 0 Å². The molecule has 0 atom stereocenters. The predicted octanol–water partition coefficient (Wildman–Crippen LogP) is 2.75. The minimum absolute atomic E-state index is 0.268. The number of pyridine rings is 1. The zero-order valence-corrected chi connectivity index (χ0v) is 15.0. The van der Waals surface area contributed by atoms with Crippen LogP contribution in [0.4, 0.5) is 10.8 Å². The van der Waals surface area contributed by atoms with Crippen molar-refractivity contribution in [3.05, 3.63) is 60.8 Å². The standard InChI is InChI=1S/C18H18N6OS/c1-3-6-15(24(2)20)16(25)23-18-22-14-10-9-13(21-17(14)26-18)11-7-4-5-8-12(11)19/h3-10H,1,19-20H2,2H3,(H,22,23,25)/b15-6-. The molecule has 1 amide bonds. The summed E-state index contributed by atoms with van der Waals surface area (Å²) in [5.41, 5.74) is 9.25. The second kappa shape index (κ2) is 7.34. The number of carbonyl (C=O) groups excluding carboxylic acids is 1. The van der Waals surface area contributed by atoms with Crippen LogP contribution in [0.15, 0.2) is 60.8 Å². The van der Waals surface area contributed by atoms with E-state index in [1.807, 2.05) is 36.4 Å². The molecular weight excluding hydrogens is 348 g/mol. The van der Waals surface area contributed by atoms with Gasteiger partial charge in [-0.25, -0.2) is 15.8 Å². The molecule has 0 radical (unpaired) electrons. The number of nitrogens with two attached hydrogens (primary N) is 2. The van der Waals surface area contributed by atoms with E-state index in [1.165, 1.54) is 28.5 Å². The Morgan fingerprint density at radius 3 is 2.73 bits per heavy atom. The van der Waals surface area contributed by atoms with E-state index in [9.17, 15) is 4.79 Å². The van der Waals surface area contributed by atoms with Gasteiger partial charge in [-0.2, -0.15) is 0 Å². The summed E-state index contributed by atoms with van der Waals surface area (Å²) in [6.45, 7) is 3.58. The van der Waals surface area contributed by atoms with Gasteiger partial charge in [0.1, 0.15) is 16.0 Å². The number of hydrazine groups is 1. The summed E-state index contributed by atoms with van der Waals surface area (Å²) in [5.74, 6) is 5.29. The minimum Gasteiger partial charge on any atom is -0.398 e. The number of amides is 1. The van der Waals surface area contributed by atoms with Crippen LogP contribution >= 0.6 is 11.3 Å². The maximum atomic E-state index is 12.3. The molecule has 0 fully saturated rings. The Balaban J connectivity index is 1.90. The summed E-state index contributed by atoms with van der Waals surface area (Å²) >= 11 is 1.28. The minimum atomic E-state index is -0.374. The molecule has 132 valence electrons. The van der Waals surface area contributed by atoms with Crippen LogP contribution < -0.4 is 16.9 Å². The van der Waals surface area contributed by atoms with Crippen molar-refractivity contribution >= 4 is 38.4 Å². The van der Waals surface area contributed by atoms with Crippen LogP contribution in [0.5, 0.6) is 0 Å².